The Morgan fingerprint density at radius 2 is 2.00 bits per heavy atom. The summed E-state index contributed by atoms with van der Waals surface area (Å²) in [5.41, 5.74) is 1.09. The van der Waals surface area contributed by atoms with Crippen LogP contribution in [0.4, 0.5) is 23.7 Å². The number of carbonyl (C=O) groups is 1. The lowest BCUT2D eigenvalue weighted by atomic mass is 10.0. The molecule has 2 aromatic rings. The Kier molecular flexibility index (Phi) is 5.53. The van der Waals surface area contributed by atoms with E-state index in [4.69, 9.17) is 0 Å². The first-order valence-electron chi connectivity index (χ1n) is 7.91. The molecule has 0 aliphatic carbocycles. The molecule has 1 heterocycles. The first kappa shape index (κ1) is 17.7. The second kappa shape index (κ2) is 7.82. The van der Waals surface area contributed by atoms with Crippen LogP contribution in [0.3, 0.4) is 0 Å². The summed E-state index contributed by atoms with van der Waals surface area (Å²) in [6.07, 6.45) is 1.55. The number of benzene rings is 2. The van der Waals surface area contributed by atoms with E-state index < -0.39 is 5.76 Å². The summed E-state index contributed by atoms with van der Waals surface area (Å²) in [7, 11) is 0. The molecule has 2 aromatic carbocycles. The molecule has 3 nitrogen and oxygen atoms in total. The van der Waals surface area contributed by atoms with Crippen LogP contribution >= 0.6 is 11.8 Å². The Hall–Kier alpha value is -2.15. The van der Waals surface area contributed by atoms with E-state index in [1.165, 1.54) is 12.1 Å². The van der Waals surface area contributed by atoms with E-state index in [1.54, 1.807) is 41.3 Å². The number of anilines is 1. The van der Waals surface area contributed by atoms with Crippen LogP contribution in [0, 0.1) is 5.82 Å². The third-order valence-corrected chi connectivity index (χ3v) is 4.88. The minimum atomic E-state index is -2.56. The average Bonchev–Trinajstić information content (AvgIpc) is 3.06. The van der Waals surface area contributed by atoms with Crippen molar-refractivity contribution in [2.75, 3.05) is 11.9 Å². The molecule has 1 unspecified atom stereocenters. The zero-order valence-electron chi connectivity index (χ0n) is 13.3. The molecule has 0 aromatic heterocycles. The number of para-hydroxylation sites is 1. The number of carbonyl (C=O) groups excluding carboxylic acids is 1. The van der Waals surface area contributed by atoms with Gasteiger partial charge in [-0.1, -0.05) is 36.0 Å². The van der Waals surface area contributed by atoms with Crippen molar-refractivity contribution in [2.24, 2.45) is 0 Å². The summed E-state index contributed by atoms with van der Waals surface area (Å²) in [5.74, 6) is -2.91. The highest BCUT2D eigenvalue weighted by Crippen LogP contribution is 2.35. The van der Waals surface area contributed by atoms with Crippen LogP contribution in [-0.4, -0.2) is 23.2 Å². The van der Waals surface area contributed by atoms with Gasteiger partial charge in [-0.3, -0.25) is 0 Å². The number of thioether (sulfide) groups is 1. The molecule has 132 valence electrons. The molecular weight excluding hydrogens is 349 g/mol. The van der Waals surface area contributed by atoms with Crippen LogP contribution in [0.25, 0.3) is 0 Å². The van der Waals surface area contributed by atoms with Gasteiger partial charge in [-0.15, -0.1) is 0 Å². The standard InChI is InChI=1S/C18H17F3N2OS/c19-13-6-3-5-12(11-13)15-8-4-10-23(15)18(24)22-14-7-1-2-9-16(14)25-17(20)21/h1-3,5-7,9,11,15,17H,4,8,10H2,(H,22,24). The van der Waals surface area contributed by atoms with Gasteiger partial charge in [0.25, 0.3) is 5.76 Å². The quantitative estimate of drug-likeness (QED) is 0.724. The third kappa shape index (κ3) is 4.28. The molecule has 1 N–H and O–H groups in total. The highest BCUT2D eigenvalue weighted by Gasteiger charge is 2.30. The Balaban J connectivity index is 1.77. The molecule has 0 saturated carbocycles. The molecule has 1 atom stereocenters. The molecule has 1 fully saturated rings. The number of nitrogens with zero attached hydrogens (tertiary/aromatic N) is 1. The van der Waals surface area contributed by atoms with Crippen LogP contribution in [0.2, 0.25) is 0 Å². The van der Waals surface area contributed by atoms with Gasteiger partial charge in [-0.25, -0.2) is 9.18 Å². The van der Waals surface area contributed by atoms with E-state index >= 15 is 0 Å². The van der Waals surface area contributed by atoms with Gasteiger partial charge in [0.15, 0.2) is 0 Å². The molecule has 0 spiro atoms. The van der Waals surface area contributed by atoms with Crippen LogP contribution in [0.5, 0.6) is 0 Å². The monoisotopic (exact) mass is 366 g/mol. The minimum Gasteiger partial charge on any atom is -0.317 e. The summed E-state index contributed by atoms with van der Waals surface area (Å²) < 4.78 is 38.8. The highest BCUT2D eigenvalue weighted by molar-refractivity contribution is 7.99. The van der Waals surface area contributed by atoms with Crippen molar-refractivity contribution in [1.29, 1.82) is 0 Å². The molecule has 2 amide bonds. The second-order valence-corrected chi connectivity index (χ2v) is 6.74. The average molecular weight is 366 g/mol. The number of alkyl halides is 2. The van der Waals surface area contributed by atoms with Crippen molar-refractivity contribution in [3.63, 3.8) is 0 Å². The maximum absolute atomic E-state index is 13.5. The Labute approximate surface area is 148 Å². The number of hydrogen-bond acceptors (Lipinski definition) is 2. The number of halogens is 3. The van der Waals surface area contributed by atoms with Gasteiger partial charge in [0.05, 0.1) is 11.7 Å². The predicted molar refractivity (Wildman–Crippen MR) is 92.4 cm³/mol. The Morgan fingerprint density at radius 1 is 1.20 bits per heavy atom. The van der Waals surface area contributed by atoms with E-state index in [0.29, 0.717) is 28.9 Å². The smallest absolute Gasteiger partial charge is 0.317 e. The highest BCUT2D eigenvalue weighted by atomic mass is 32.2. The fourth-order valence-electron chi connectivity index (χ4n) is 3.03. The molecule has 0 bridgehead atoms. The Bertz CT molecular complexity index is 757. The van der Waals surface area contributed by atoms with Crippen LogP contribution in [-0.2, 0) is 0 Å². The predicted octanol–water partition coefficient (Wildman–Crippen LogP) is 5.51. The molecule has 0 radical (unpaired) electrons. The summed E-state index contributed by atoms with van der Waals surface area (Å²) in [6, 6.07) is 12.1. The lowest BCUT2D eigenvalue weighted by Gasteiger charge is -2.26. The minimum absolute atomic E-state index is 0.217. The number of urea groups is 1. The topological polar surface area (TPSA) is 32.3 Å². The molecular formula is C18H17F3N2OS. The summed E-state index contributed by atoms with van der Waals surface area (Å²) >= 11 is 0.393. The third-order valence-electron chi connectivity index (χ3n) is 4.09. The second-order valence-electron chi connectivity index (χ2n) is 5.71. The van der Waals surface area contributed by atoms with E-state index in [9.17, 15) is 18.0 Å². The maximum atomic E-state index is 13.5. The van der Waals surface area contributed by atoms with Crippen LogP contribution in [0.15, 0.2) is 53.4 Å². The fraction of sp³-hybridized carbons (Fsp3) is 0.278. The van der Waals surface area contributed by atoms with Crippen molar-refractivity contribution < 1.29 is 18.0 Å². The summed E-state index contributed by atoms with van der Waals surface area (Å²) in [4.78, 5) is 14.6. The van der Waals surface area contributed by atoms with E-state index in [0.717, 1.165) is 18.4 Å². The van der Waals surface area contributed by atoms with Crippen molar-refractivity contribution in [2.45, 2.75) is 29.5 Å². The molecule has 25 heavy (non-hydrogen) atoms. The van der Waals surface area contributed by atoms with Crippen molar-refractivity contribution in [1.82, 2.24) is 4.90 Å². The molecule has 3 rings (SSSR count). The lowest BCUT2D eigenvalue weighted by Crippen LogP contribution is -2.34. The van der Waals surface area contributed by atoms with E-state index in [2.05, 4.69) is 5.32 Å². The first-order valence-corrected chi connectivity index (χ1v) is 8.79. The zero-order chi connectivity index (χ0) is 17.8. The van der Waals surface area contributed by atoms with Gasteiger partial charge >= 0.3 is 6.03 Å². The lowest BCUT2D eigenvalue weighted by molar-refractivity contribution is 0.207. The van der Waals surface area contributed by atoms with Gasteiger partial charge in [0.1, 0.15) is 5.82 Å². The van der Waals surface area contributed by atoms with Crippen molar-refractivity contribution in [3.05, 3.63) is 59.9 Å². The SMILES string of the molecule is O=C(Nc1ccccc1SC(F)F)N1CCCC1c1cccc(F)c1. The van der Waals surface area contributed by atoms with Crippen LogP contribution < -0.4 is 5.32 Å². The van der Waals surface area contributed by atoms with Crippen molar-refractivity contribution >= 4 is 23.5 Å². The Morgan fingerprint density at radius 3 is 2.76 bits per heavy atom. The van der Waals surface area contributed by atoms with Gasteiger partial charge in [0, 0.05) is 11.4 Å². The number of hydrogen-bond donors (Lipinski definition) is 1. The zero-order valence-corrected chi connectivity index (χ0v) is 14.1. The number of rotatable bonds is 4. The fourth-order valence-corrected chi connectivity index (χ4v) is 3.62. The normalized spacial score (nSPS) is 17.1. The van der Waals surface area contributed by atoms with Crippen LogP contribution in [0.1, 0.15) is 24.4 Å². The molecule has 7 heteroatoms. The molecule has 1 saturated heterocycles. The summed E-state index contributed by atoms with van der Waals surface area (Å²) in [6.45, 7) is 0.539. The molecule has 1 aliphatic rings. The van der Waals surface area contributed by atoms with Gasteiger partial charge in [-0.2, -0.15) is 8.78 Å². The number of amides is 2. The van der Waals surface area contributed by atoms with E-state index in [1.807, 2.05) is 0 Å². The van der Waals surface area contributed by atoms with Gasteiger partial charge in [-0.05, 0) is 42.7 Å². The first-order chi connectivity index (χ1) is 12.0. The van der Waals surface area contributed by atoms with Gasteiger partial charge in [0.2, 0.25) is 0 Å². The maximum Gasteiger partial charge on any atom is 0.322 e. The number of nitrogens with one attached hydrogen (secondary N) is 1. The van der Waals surface area contributed by atoms with Crippen molar-refractivity contribution in [3.8, 4) is 0 Å². The summed E-state index contributed by atoms with van der Waals surface area (Å²) in [5, 5.41) is 2.71. The molecule has 1 aliphatic heterocycles. The van der Waals surface area contributed by atoms with E-state index in [-0.39, 0.29) is 17.9 Å². The number of likely N-dealkylation sites (tertiary alicyclic amines) is 1. The van der Waals surface area contributed by atoms with Gasteiger partial charge < -0.3 is 10.2 Å². The largest absolute Gasteiger partial charge is 0.322 e.